The van der Waals surface area contributed by atoms with Crippen molar-refractivity contribution in [1.29, 1.82) is 5.26 Å². The van der Waals surface area contributed by atoms with Crippen molar-refractivity contribution in [3.05, 3.63) is 59.8 Å². The molecule has 0 aliphatic rings. The van der Waals surface area contributed by atoms with E-state index in [2.05, 4.69) is 15.6 Å². The van der Waals surface area contributed by atoms with Crippen LogP contribution in [0, 0.1) is 11.3 Å². The Labute approximate surface area is 174 Å². The number of aliphatic hydroxyl groups is 1. The first-order chi connectivity index (χ1) is 14.5. The average molecular weight is 431 g/mol. The summed E-state index contributed by atoms with van der Waals surface area (Å²) >= 11 is 0. The van der Waals surface area contributed by atoms with Gasteiger partial charge in [0.05, 0.1) is 29.9 Å². The van der Waals surface area contributed by atoms with Crippen molar-refractivity contribution in [2.75, 3.05) is 5.32 Å². The Bertz CT molecular complexity index is 1150. The highest BCUT2D eigenvalue weighted by Crippen LogP contribution is 2.33. The van der Waals surface area contributed by atoms with Gasteiger partial charge in [-0.2, -0.15) is 18.4 Å². The van der Waals surface area contributed by atoms with E-state index in [-0.39, 0.29) is 18.0 Å². The summed E-state index contributed by atoms with van der Waals surface area (Å²) in [5.41, 5.74) is -2.96. The molecule has 1 amide bonds. The third kappa shape index (κ3) is 4.99. The number of carbonyl (C=O) groups excluding carboxylic acids is 1. The van der Waals surface area contributed by atoms with Crippen LogP contribution in [0.15, 0.2) is 48.7 Å². The quantitative estimate of drug-likeness (QED) is 0.571. The predicted octanol–water partition coefficient (Wildman–Crippen LogP) is 2.93. The molecule has 3 N–H and O–H groups in total. The first kappa shape index (κ1) is 21.8. The molecule has 0 saturated carbocycles. The highest BCUT2D eigenvalue weighted by atomic mass is 19.4. The number of phenols is 1. The fraction of sp³-hybridized carbons (Fsp3) is 0.200. The number of phenolic OH excluding ortho intramolecular Hbond substituents is 1. The van der Waals surface area contributed by atoms with Crippen LogP contribution in [0.4, 0.5) is 18.9 Å². The van der Waals surface area contributed by atoms with Crippen molar-refractivity contribution in [3.8, 4) is 23.1 Å². The lowest BCUT2D eigenvalue weighted by Gasteiger charge is -2.22. The lowest BCUT2D eigenvalue weighted by molar-refractivity contribution is -0.138. The first-order valence-electron chi connectivity index (χ1n) is 8.84. The number of hydrogen-bond acceptors (Lipinski definition) is 6. The average Bonchev–Trinajstić information content (AvgIpc) is 3.15. The number of benzene rings is 2. The Morgan fingerprint density at radius 2 is 1.90 bits per heavy atom. The van der Waals surface area contributed by atoms with Gasteiger partial charge >= 0.3 is 6.18 Å². The van der Waals surface area contributed by atoms with E-state index in [4.69, 9.17) is 5.26 Å². The van der Waals surface area contributed by atoms with Crippen LogP contribution in [0.1, 0.15) is 18.1 Å². The number of rotatable bonds is 5. The van der Waals surface area contributed by atoms with E-state index in [1.54, 1.807) is 12.1 Å². The number of alkyl halides is 3. The van der Waals surface area contributed by atoms with Gasteiger partial charge in [0.15, 0.2) is 5.60 Å². The van der Waals surface area contributed by atoms with E-state index in [0.29, 0.717) is 17.3 Å². The highest BCUT2D eigenvalue weighted by molar-refractivity contribution is 5.96. The molecule has 1 heterocycles. The second-order valence-corrected chi connectivity index (χ2v) is 6.95. The van der Waals surface area contributed by atoms with E-state index < -0.39 is 28.8 Å². The van der Waals surface area contributed by atoms with Gasteiger partial charge < -0.3 is 15.5 Å². The maximum atomic E-state index is 13.1. The zero-order valence-electron chi connectivity index (χ0n) is 16.1. The van der Waals surface area contributed by atoms with Crippen LogP contribution < -0.4 is 5.32 Å². The molecule has 0 aliphatic carbocycles. The van der Waals surface area contributed by atoms with Crippen molar-refractivity contribution in [1.82, 2.24) is 15.0 Å². The third-order valence-corrected chi connectivity index (χ3v) is 4.36. The number of carbonyl (C=O) groups is 1. The number of anilines is 1. The number of amides is 1. The van der Waals surface area contributed by atoms with E-state index in [0.717, 1.165) is 12.1 Å². The SMILES string of the molecule is C[C@](O)(Cn1cc(-c2ccc(O)cc2)nn1)C(=O)Nc1ccc(C#N)c(C(F)(F)F)c1. The van der Waals surface area contributed by atoms with Crippen LogP contribution in [-0.4, -0.2) is 36.7 Å². The van der Waals surface area contributed by atoms with Crippen molar-refractivity contribution < 1.29 is 28.2 Å². The molecular weight excluding hydrogens is 415 g/mol. The molecule has 0 radical (unpaired) electrons. The number of hydrogen-bond donors (Lipinski definition) is 3. The predicted molar refractivity (Wildman–Crippen MR) is 103 cm³/mol. The van der Waals surface area contributed by atoms with Crippen LogP contribution in [0.5, 0.6) is 5.75 Å². The van der Waals surface area contributed by atoms with Gasteiger partial charge in [0, 0.05) is 11.3 Å². The van der Waals surface area contributed by atoms with Crippen LogP contribution in [-0.2, 0) is 17.5 Å². The summed E-state index contributed by atoms with van der Waals surface area (Å²) in [5, 5.41) is 38.7. The minimum absolute atomic E-state index is 0.0761. The topological polar surface area (TPSA) is 124 Å². The second kappa shape index (κ2) is 8.08. The van der Waals surface area contributed by atoms with Crippen molar-refractivity contribution in [2.24, 2.45) is 0 Å². The summed E-state index contributed by atoms with van der Waals surface area (Å²) in [7, 11) is 0. The van der Waals surface area contributed by atoms with Crippen molar-refractivity contribution in [2.45, 2.75) is 25.2 Å². The molecule has 3 rings (SSSR count). The summed E-state index contributed by atoms with van der Waals surface area (Å²) < 4.78 is 40.5. The Hall–Kier alpha value is -3.91. The molecule has 2 aromatic carbocycles. The van der Waals surface area contributed by atoms with Gasteiger partial charge in [-0.1, -0.05) is 5.21 Å². The molecule has 8 nitrogen and oxygen atoms in total. The number of nitrogens with zero attached hydrogens (tertiary/aromatic N) is 4. The standard InChI is InChI=1S/C20H16F3N5O3/c1-19(31,11-28-10-17(26-27-28)12-3-6-15(29)7-4-12)18(30)25-14-5-2-13(9-24)16(8-14)20(21,22)23/h2-8,10,29,31H,11H2,1H3,(H,25,30)/t19-/m0/s1. The molecule has 1 aromatic heterocycles. The highest BCUT2D eigenvalue weighted by Gasteiger charge is 2.35. The van der Waals surface area contributed by atoms with E-state index >= 15 is 0 Å². The Morgan fingerprint density at radius 1 is 1.23 bits per heavy atom. The molecule has 0 spiro atoms. The number of aromatic nitrogens is 3. The van der Waals surface area contributed by atoms with E-state index in [9.17, 15) is 28.2 Å². The Kier molecular flexibility index (Phi) is 5.68. The maximum absolute atomic E-state index is 13.1. The molecule has 0 aliphatic heterocycles. The van der Waals surface area contributed by atoms with Gasteiger partial charge in [-0.15, -0.1) is 5.10 Å². The molecule has 3 aromatic rings. The van der Waals surface area contributed by atoms with Gasteiger partial charge in [0.1, 0.15) is 11.4 Å². The van der Waals surface area contributed by atoms with Crippen LogP contribution in [0.25, 0.3) is 11.3 Å². The fourth-order valence-electron chi connectivity index (χ4n) is 2.75. The molecule has 0 bridgehead atoms. The zero-order chi connectivity index (χ0) is 22.8. The van der Waals surface area contributed by atoms with Gasteiger partial charge in [0.2, 0.25) is 0 Å². The molecular formula is C20H16F3N5O3. The smallest absolute Gasteiger partial charge is 0.417 e. The van der Waals surface area contributed by atoms with Gasteiger partial charge in [-0.05, 0) is 49.4 Å². The first-order valence-corrected chi connectivity index (χ1v) is 8.84. The van der Waals surface area contributed by atoms with Crippen LogP contribution >= 0.6 is 0 Å². The summed E-state index contributed by atoms with van der Waals surface area (Å²) in [6, 6.07) is 10.3. The number of nitriles is 1. The normalized spacial score (nSPS) is 13.3. The molecule has 11 heteroatoms. The molecule has 0 fully saturated rings. The van der Waals surface area contributed by atoms with Crippen LogP contribution in [0.3, 0.4) is 0 Å². The fourth-order valence-corrected chi connectivity index (χ4v) is 2.75. The summed E-state index contributed by atoms with van der Waals surface area (Å²) in [5.74, 6) is -0.890. The largest absolute Gasteiger partial charge is 0.508 e. The van der Waals surface area contributed by atoms with Crippen molar-refractivity contribution in [3.63, 3.8) is 0 Å². The minimum Gasteiger partial charge on any atom is -0.508 e. The summed E-state index contributed by atoms with van der Waals surface area (Å²) in [6.07, 6.45) is -3.31. The monoisotopic (exact) mass is 431 g/mol. The van der Waals surface area contributed by atoms with E-state index in [1.165, 1.54) is 36.0 Å². The lowest BCUT2D eigenvalue weighted by Crippen LogP contribution is -2.43. The number of aromatic hydroxyl groups is 1. The summed E-state index contributed by atoms with van der Waals surface area (Å²) in [6.45, 7) is 0.852. The molecule has 0 saturated heterocycles. The Morgan fingerprint density at radius 3 is 2.52 bits per heavy atom. The van der Waals surface area contributed by atoms with Crippen molar-refractivity contribution >= 4 is 11.6 Å². The third-order valence-electron chi connectivity index (χ3n) is 4.36. The number of halogens is 3. The number of nitrogens with one attached hydrogen (secondary N) is 1. The maximum Gasteiger partial charge on any atom is 0.417 e. The Balaban J connectivity index is 1.75. The lowest BCUT2D eigenvalue weighted by atomic mass is 10.0. The molecule has 31 heavy (non-hydrogen) atoms. The zero-order valence-corrected chi connectivity index (χ0v) is 16.1. The summed E-state index contributed by atoms with van der Waals surface area (Å²) in [4.78, 5) is 12.5. The molecule has 1 atom stereocenters. The second-order valence-electron chi connectivity index (χ2n) is 6.95. The van der Waals surface area contributed by atoms with Crippen LogP contribution in [0.2, 0.25) is 0 Å². The van der Waals surface area contributed by atoms with Gasteiger partial charge in [-0.25, -0.2) is 4.68 Å². The van der Waals surface area contributed by atoms with Gasteiger partial charge in [-0.3, -0.25) is 4.79 Å². The molecule has 0 unspecified atom stereocenters. The van der Waals surface area contributed by atoms with E-state index in [1.807, 2.05) is 0 Å². The van der Waals surface area contributed by atoms with Gasteiger partial charge in [0.25, 0.3) is 5.91 Å². The minimum atomic E-state index is -4.78. The molecule has 160 valence electrons.